The number of rotatable bonds is 2. The van der Waals surface area contributed by atoms with Gasteiger partial charge < -0.3 is 5.32 Å². The number of carbonyl (C=O) groups is 1. The van der Waals surface area contributed by atoms with Crippen molar-refractivity contribution in [1.82, 2.24) is 19.1 Å². The van der Waals surface area contributed by atoms with Crippen LogP contribution >= 0.6 is 0 Å². The van der Waals surface area contributed by atoms with Gasteiger partial charge in [-0.05, 0) is 24.3 Å². The van der Waals surface area contributed by atoms with Crippen molar-refractivity contribution in [2.24, 2.45) is 14.1 Å². The summed E-state index contributed by atoms with van der Waals surface area (Å²) >= 11 is 0. The van der Waals surface area contributed by atoms with Gasteiger partial charge in [-0.25, -0.2) is 9.78 Å². The van der Waals surface area contributed by atoms with E-state index in [9.17, 15) is 14.4 Å². The third kappa shape index (κ3) is 2.67. The summed E-state index contributed by atoms with van der Waals surface area (Å²) in [6.07, 6.45) is 1.65. The highest BCUT2D eigenvalue weighted by Crippen LogP contribution is 2.21. The average Bonchev–Trinajstić information content (AvgIpc) is 2.70. The summed E-state index contributed by atoms with van der Waals surface area (Å²) in [4.78, 5) is 45.5. The van der Waals surface area contributed by atoms with Crippen molar-refractivity contribution in [2.75, 3.05) is 5.32 Å². The maximum atomic E-state index is 12.7. The second-order valence-corrected chi connectivity index (χ2v) is 6.11. The van der Waals surface area contributed by atoms with Crippen LogP contribution in [0, 0.1) is 0 Å². The van der Waals surface area contributed by atoms with Crippen LogP contribution < -0.4 is 16.6 Å². The van der Waals surface area contributed by atoms with Gasteiger partial charge in [-0.2, -0.15) is 0 Å². The number of amides is 1. The summed E-state index contributed by atoms with van der Waals surface area (Å²) in [5, 5.41) is 3.95. The number of anilines is 1. The molecule has 0 spiro atoms. The van der Waals surface area contributed by atoms with Gasteiger partial charge in [0.1, 0.15) is 11.3 Å². The Kier molecular flexibility index (Phi) is 3.80. The molecule has 1 amide bonds. The predicted molar refractivity (Wildman–Crippen MR) is 102 cm³/mol. The molecule has 0 aliphatic heterocycles. The number of aromatic nitrogens is 4. The molecule has 0 unspecified atom stereocenters. The number of carbonyl (C=O) groups excluding carboxylic acids is 1. The van der Waals surface area contributed by atoms with Gasteiger partial charge >= 0.3 is 5.69 Å². The van der Waals surface area contributed by atoms with E-state index in [0.29, 0.717) is 11.2 Å². The Balaban J connectivity index is 1.79. The van der Waals surface area contributed by atoms with Crippen molar-refractivity contribution in [1.29, 1.82) is 0 Å². The van der Waals surface area contributed by atoms with E-state index in [4.69, 9.17) is 0 Å². The first kappa shape index (κ1) is 16.6. The molecule has 8 nitrogen and oxygen atoms in total. The molecule has 0 radical (unpaired) electrons. The molecule has 27 heavy (non-hydrogen) atoms. The molecule has 1 N–H and O–H groups in total. The molecule has 0 aliphatic rings. The quantitative estimate of drug-likeness (QED) is 0.582. The van der Waals surface area contributed by atoms with E-state index < -0.39 is 17.2 Å². The second kappa shape index (κ2) is 6.17. The van der Waals surface area contributed by atoms with Crippen molar-refractivity contribution in [2.45, 2.75) is 0 Å². The van der Waals surface area contributed by atoms with Gasteiger partial charge in [0.2, 0.25) is 0 Å². The fourth-order valence-electron chi connectivity index (χ4n) is 2.97. The normalized spacial score (nSPS) is 11.0. The molecule has 4 rings (SSSR count). The second-order valence-electron chi connectivity index (χ2n) is 6.11. The number of pyridine rings is 2. The maximum Gasteiger partial charge on any atom is 0.332 e. The number of para-hydroxylation sites is 1. The number of benzene rings is 1. The molecule has 8 heteroatoms. The molecular formula is C19H15N5O3. The minimum atomic E-state index is -0.504. The molecular weight excluding hydrogens is 346 g/mol. The number of nitrogens with zero attached hydrogens (tertiary/aromatic N) is 4. The molecule has 0 saturated heterocycles. The van der Waals surface area contributed by atoms with Crippen LogP contribution in [-0.4, -0.2) is 25.0 Å². The lowest BCUT2D eigenvalue weighted by Crippen LogP contribution is -2.37. The lowest BCUT2D eigenvalue weighted by atomic mass is 10.2. The van der Waals surface area contributed by atoms with Gasteiger partial charge in [-0.1, -0.05) is 18.2 Å². The number of fused-ring (bicyclic) bond motifs is 2. The van der Waals surface area contributed by atoms with Crippen molar-refractivity contribution in [3.05, 3.63) is 75.2 Å². The highest BCUT2D eigenvalue weighted by atomic mass is 16.2. The molecule has 0 saturated carbocycles. The lowest BCUT2D eigenvalue weighted by molar-refractivity contribution is 0.102. The van der Waals surface area contributed by atoms with Gasteiger partial charge in [0.15, 0.2) is 0 Å². The van der Waals surface area contributed by atoms with Gasteiger partial charge in [-0.3, -0.25) is 23.7 Å². The van der Waals surface area contributed by atoms with E-state index in [1.54, 1.807) is 12.3 Å². The lowest BCUT2D eigenvalue weighted by Gasteiger charge is -2.10. The Morgan fingerprint density at radius 3 is 2.59 bits per heavy atom. The first-order chi connectivity index (χ1) is 13.0. The number of nitrogens with one attached hydrogen (secondary N) is 1. The number of aryl methyl sites for hydroxylation is 1. The highest BCUT2D eigenvalue weighted by Gasteiger charge is 2.15. The van der Waals surface area contributed by atoms with Crippen LogP contribution in [0.5, 0.6) is 0 Å². The van der Waals surface area contributed by atoms with E-state index in [2.05, 4.69) is 15.3 Å². The molecule has 134 valence electrons. The standard InChI is InChI=1S/C19H15N5O3/c1-23-16-12(18(26)24(2)19(23)27)8-9-14(21-16)17(25)22-13-7-3-5-11-6-4-10-20-15(11)13/h3-10H,1-2H3,(H,22,25). The van der Waals surface area contributed by atoms with Crippen LogP contribution in [0.3, 0.4) is 0 Å². The first-order valence-corrected chi connectivity index (χ1v) is 8.19. The summed E-state index contributed by atoms with van der Waals surface area (Å²) in [6, 6.07) is 12.2. The van der Waals surface area contributed by atoms with Crippen LogP contribution in [0.25, 0.3) is 21.9 Å². The van der Waals surface area contributed by atoms with Crippen molar-refractivity contribution in [3.8, 4) is 0 Å². The largest absolute Gasteiger partial charge is 0.332 e. The van der Waals surface area contributed by atoms with Crippen molar-refractivity contribution in [3.63, 3.8) is 0 Å². The monoisotopic (exact) mass is 361 g/mol. The molecule has 0 atom stereocenters. The maximum absolute atomic E-state index is 12.7. The zero-order valence-electron chi connectivity index (χ0n) is 14.6. The molecule has 4 aromatic rings. The molecule has 0 aliphatic carbocycles. The summed E-state index contributed by atoms with van der Waals surface area (Å²) in [5.74, 6) is -0.455. The zero-order valence-corrected chi connectivity index (χ0v) is 14.6. The molecule has 0 fully saturated rings. The van der Waals surface area contributed by atoms with Gasteiger partial charge in [-0.15, -0.1) is 0 Å². The topological polar surface area (TPSA) is 98.9 Å². The van der Waals surface area contributed by atoms with E-state index in [0.717, 1.165) is 9.95 Å². The molecule has 3 aromatic heterocycles. The Bertz CT molecular complexity index is 1330. The minimum absolute atomic E-state index is 0.0960. The van der Waals surface area contributed by atoms with Crippen LogP contribution in [-0.2, 0) is 14.1 Å². The van der Waals surface area contributed by atoms with E-state index in [1.807, 2.05) is 24.3 Å². The smallest absolute Gasteiger partial charge is 0.319 e. The fraction of sp³-hybridized carbons (Fsp3) is 0.105. The van der Waals surface area contributed by atoms with E-state index in [1.165, 1.54) is 30.8 Å². The highest BCUT2D eigenvalue weighted by molar-refractivity contribution is 6.07. The Morgan fingerprint density at radius 1 is 1.00 bits per heavy atom. The third-order valence-electron chi connectivity index (χ3n) is 4.42. The fourth-order valence-corrected chi connectivity index (χ4v) is 2.97. The Morgan fingerprint density at radius 2 is 1.78 bits per heavy atom. The van der Waals surface area contributed by atoms with Crippen LogP contribution in [0.4, 0.5) is 5.69 Å². The van der Waals surface area contributed by atoms with Crippen LogP contribution in [0.2, 0.25) is 0 Å². The Hall–Kier alpha value is -3.81. The van der Waals surface area contributed by atoms with Crippen LogP contribution in [0.1, 0.15) is 10.5 Å². The van der Waals surface area contributed by atoms with Gasteiger partial charge in [0.25, 0.3) is 11.5 Å². The molecule has 3 heterocycles. The summed E-state index contributed by atoms with van der Waals surface area (Å²) in [7, 11) is 2.91. The van der Waals surface area contributed by atoms with E-state index in [-0.39, 0.29) is 16.7 Å². The van der Waals surface area contributed by atoms with E-state index >= 15 is 0 Å². The minimum Gasteiger partial charge on any atom is -0.319 e. The van der Waals surface area contributed by atoms with Gasteiger partial charge in [0, 0.05) is 25.7 Å². The van der Waals surface area contributed by atoms with Gasteiger partial charge in [0.05, 0.1) is 16.6 Å². The average molecular weight is 361 g/mol. The first-order valence-electron chi connectivity index (χ1n) is 8.19. The number of hydrogen-bond donors (Lipinski definition) is 1. The summed E-state index contributed by atoms with van der Waals surface area (Å²) in [6.45, 7) is 0. The predicted octanol–water partition coefficient (Wildman–Crippen LogP) is 1.43. The van der Waals surface area contributed by atoms with Crippen LogP contribution in [0.15, 0.2) is 58.3 Å². The summed E-state index contributed by atoms with van der Waals surface area (Å²) < 4.78 is 2.25. The van der Waals surface area contributed by atoms with Crippen molar-refractivity contribution < 1.29 is 4.79 Å². The third-order valence-corrected chi connectivity index (χ3v) is 4.42. The zero-order chi connectivity index (χ0) is 19.1. The molecule has 1 aromatic carbocycles. The Labute approximate surface area is 152 Å². The SMILES string of the molecule is Cn1c(=O)c2ccc(C(=O)Nc3cccc4cccnc34)nc2n(C)c1=O. The number of hydrogen-bond acceptors (Lipinski definition) is 5. The van der Waals surface area contributed by atoms with Crippen molar-refractivity contribution >= 4 is 33.5 Å². The molecule has 0 bridgehead atoms. The summed E-state index contributed by atoms with van der Waals surface area (Å²) in [5.41, 5.74) is 0.514.